The zero-order valence-electron chi connectivity index (χ0n) is 36.3. The lowest BCUT2D eigenvalue weighted by Crippen LogP contribution is -2.26. The Hall–Kier alpha value is -8.52. The van der Waals surface area contributed by atoms with Gasteiger partial charge in [0.2, 0.25) is 0 Å². The molecule has 0 bridgehead atoms. The first-order valence-corrected chi connectivity index (χ1v) is 22.9. The van der Waals surface area contributed by atoms with E-state index in [1.54, 1.807) is 0 Å². The minimum Gasteiger partial charge on any atom is -0.310 e. The highest BCUT2D eigenvalue weighted by Gasteiger charge is 2.52. The third-order valence-electron chi connectivity index (χ3n) is 14.1. The second-order valence-electron chi connectivity index (χ2n) is 17.6. The van der Waals surface area contributed by atoms with Gasteiger partial charge >= 0.3 is 0 Å². The van der Waals surface area contributed by atoms with Crippen molar-refractivity contribution in [2.75, 3.05) is 4.90 Å². The van der Waals surface area contributed by atoms with Crippen LogP contribution in [0.1, 0.15) is 22.3 Å². The van der Waals surface area contributed by atoms with Crippen molar-refractivity contribution in [3.8, 4) is 66.8 Å². The van der Waals surface area contributed by atoms with E-state index in [0.717, 1.165) is 17.1 Å². The minimum atomic E-state index is -0.540. The Labute approximate surface area is 386 Å². The van der Waals surface area contributed by atoms with Gasteiger partial charge in [-0.2, -0.15) is 0 Å². The summed E-state index contributed by atoms with van der Waals surface area (Å²) < 4.78 is 0. The third kappa shape index (κ3) is 5.94. The molecule has 308 valence electrons. The molecule has 2 aliphatic carbocycles. The summed E-state index contributed by atoms with van der Waals surface area (Å²) in [6.07, 6.45) is 0. The summed E-state index contributed by atoms with van der Waals surface area (Å²) in [5.41, 5.74) is 22.8. The van der Waals surface area contributed by atoms with E-state index < -0.39 is 5.41 Å². The van der Waals surface area contributed by atoms with Gasteiger partial charge in [-0.3, -0.25) is 0 Å². The fourth-order valence-electron chi connectivity index (χ4n) is 11.1. The molecule has 0 aliphatic heterocycles. The summed E-state index contributed by atoms with van der Waals surface area (Å²) >= 11 is 0. The third-order valence-corrected chi connectivity index (χ3v) is 14.1. The fraction of sp³-hybridized carbons (Fsp3) is 0.0154. The number of fused-ring (bicyclic) bond motifs is 11. The van der Waals surface area contributed by atoms with Crippen LogP contribution in [0.25, 0.3) is 77.5 Å². The molecule has 0 unspecified atom stereocenters. The molecule has 1 spiro atoms. The van der Waals surface area contributed by atoms with Gasteiger partial charge in [-0.1, -0.05) is 212 Å². The van der Waals surface area contributed by atoms with Gasteiger partial charge in [0.05, 0.1) is 11.1 Å². The Kier molecular flexibility index (Phi) is 8.82. The summed E-state index contributed by atoms with van der Waals surface area (Å²) in [7, 11) is 0. The van der Waals surface area contributed by atoms with Gasteiger partial charge in [0, 0.05) is 16.9 Å². The number of nitrogens with zero attached hydrogens (tertiary/aromatic N) is 1. The van der Waals surface area contributed by atoms with Gasteiger partial charge in [0.25, 0.3) is 0 Å². The van der Waals surface area contributed by atoms with E-state index in [-0.39, 0.29) is 0 Å². The maximum Gasteiger partial charge on any atom is 0.0726 e. The van der Waals surface area contributed by atoms with Crippen LogP contribution in [0.3, 0.4) is 0 Å². The largest absolute Gasteiger partial charge is 0.310 e. The smallest absolute Gasteiger partial charge is 0.0726 e. The van der Waals surface area contributed by atoms with Crippen LogP contribution in [0.2, 0.25) is 0 Å². The van der Waals surface area contributed by atoms with Crippen LogP contribution in [-0.4, -0.2) is 0 Å². The summed E-state index contributed by atoms with van der Waals surface area (Å²) in [5, 5.41) is 2.51. The molecule has 2 aliphatic rings. The van der Waals surface area contributed by atoms with Crippen molar-refractivity contribution < 1.29 is 0 Å². The number of hydrogen-bond donors (Lipinski definition) is 0. The quantitative estimate of drug-likeness (QED) is 0.155. The van der Waals surface area contributed by atoms with Crippen molar-refractivity contribution in [2.24, 2.45) is 0 Å². The second-order valence-corrected chi connectivity index (χ2v) is 17.6. The first-order chi connectivity index (χ1) is 32.7. The molecule has 0 aromatic heterocycles. The number of rotatable bonds is 7. The molecule has 0 saturated heterocycles. The lowest BCUT2D eigenvalue weighted by molar-refractivity contribution is 0.794. The zero-order valence-corrected chi connectivity index (χ0v) is 36.3. The highest BCUT2D eigenvalue weighted by Crippen LogP contribution is 2.64. The molecule has 0 heterocycles. The predicted molar refractivity (Wildman–Crippen MR) is 277 cm³/mol. The van der Waals surface area contributed by atoms with Crippen molar-refractivity contribution in [3.63, 3.8) is 0 Å². The highest BCUT2D eigenvalue weighted by atomic mass is 15.1. The van der Waals surface area contributed by atoms with E-state index in [1.165, 1.54) is 99.8 Å². The summed E-state index contributed by atoms with van der Waals surface area (Å²) in [4.78, 5) is 2.46. The Bertz CT molecular complexity index is 3590. The molecule has 0 fully saturated rings. The number of benzene rings is 11. The second kappa shape index (κ2) is 15.3. The predicted octanol–water partition coefficient (Wildman–Crippen LogP) is 17.3. The molecule has 0 N–H and O–H groups in total. The maximum atomic E-state index is 2.50. The van der Waals surface area contributed by atoms with Crippen molar-refractivity contribution in [1.82, 2.24) is 0 Å². The Morgan fingerprint density at radius 1 is 0.227 bits per heavy atom. The topological polar surface area (TPSA) is 3.24 Å². The summed E-state index contributed by atoms with van der Waals surface area (Å²) in [6.45, 7) is 0. The molecule has 66 heavy (non-hydrogen) atoms. The normalized spacial score (nSPS) is 12.7. The average Bonchev–Trinajstić information content (AvgIpc) is 3.86. The SMILES string of the molecule is c1ccc(-c2ccc(N(c3ccc4c(c3)C3(c5ccccc5-c5ccccc53)c3cc(-c5cccc(-c6ccc7ccccc7c6)c5)ccc3-4)c3ccccc3-c3ccccc3)cc2)cc1. The van der Waals surface area contributed by atoms with E-state index in [0.29, 0.717) is 0 Å². The molecule has 11 aromatic carbocycles. The fourth-order valence-corrected chi connectivity index (χ4v) is 11.1. The van der Waals surface area contributed by atoms with Gasteiger partial charge in [-0.05, 0) is 143 Å². The standard InChI is InChI=1S/C65H43N/c1-3-16-44(17-4-1)46-32-35-53(36-33-46)66(64-29-14-11-24-55(64)47-19-5-2-6-20-47)54-37-39-59-58-38-34-52(50-23-15-22-49(41-50)51-31-30-45-18-7-8-21-48(45)40-51)42-62(58)65(63(59)43-54)60-27-12-9-25-56(60)57-26-10-13-28-61(57)65/h1-43H. The van der Waals surface area contributed by atoms with Crippen molar-refractivity contribution >= 4 is 27.8 Å². The maximum absolute atomic E-state index is 2.50. The van der Waals surface area contributed by atoms with Crippen LogP contribution in [0, 0.1) is 0 Å². The lowest BCUT2D eigenvalue weighted by Gasteiger charge is -2.33. The van der Waals surface area contributed by atoms with E-state index in [4.69, 9.17) is 0 Å². The van der Waals surface area contributed by atoms with Crippen LogP contribution < -0.4 is 4.90 Å². The van der Waals surface area contributed by atoms with Gasteiger partial charge in [0.15, 0.2) is 0 Å². The van der Waals surface area contributed by atoms with Crippen LogP contribution in [0.5, 0.6) is 0 Å². The summed E-state index contributed by atoms with van der Waals surface area (Å²) in [5.74, 6) is 0. The molecule has 0 radical (unpaired) electrons. The van der Waals surface area contributed by atoms with Crippen molar-refractivity contribution in [1.29, 1.82) is 0 Å². The highest BCUT2D eigenvalue weighted by molar-refractivity contribution is 5.98. The van der Waals surface area contributed by atoms with Gasteiger partial charge in [-0.25, -0.2) is 0 Å². The first kappa shape index (κ1) is 38.0. The average molecular weight is 838 g/mol. The minimum absolute atomic E-state index is 0.540. The van der Waals surface area contributed by atoms with Gasteiger partial charge < -0.3 is 4.90 Å². The number of anilines is 3. The number of hydrogen-bond acceptors (Lipinski definition) is 1. The molecule has 1 heteroatoms. The molecular formula is C65H43N. The molecule has 0 saturated carbocycles. The Balaban J connectivity index is 1.02. The summed E-state index contributed by atoms with van der Waals surface area (Å²) in [6, 6.07) is 96.5. The van der Waals surface area contributed by atoms with Crippen LogP contribution >= 0.6 is 0 Å². The molecule has 0 atom stereocenters. The zero-order chi connectivity index (χ0) is 43.6. The molecule has 11 aromatic rings. The molecule has 13 rings (SSSR count). The van der Waals surface area contributed by atoms with E-state index in [1.807, 2.05) is 0 Å². The van der Waals surface area contributed by atoms with E-state index >= 15 is 0 Å². The monoisotopic (exact) mass is 837 g/mol. The molecule has 0 amide bonds. The van der Waals surface area contributed by atoms with Crippen LogP contribution in [-0.2, 0) is 5.41 Å². The van der Waals surface area contributed by atoms with E-state index in [9.17, 15) is 0 Å². The van der Waals surface area contributed by atoms with E-state index in [2.05, 4.69) is 266 Å². The Morgan fingerprint density at radius 2 is 0.682 bits per heavy atom. The Morgan fingerprint density at radius 3 is 1.39 bits per heavy atom. The van der Waals surface area contributed by atoms with Gasteiger partial charge in [0.1, 0.15) is 0 Å². The molecular weight excluding hydrogens is 795 g/mol. The molecule has 1 nitrogen and oxygen atoms in total. The first-order valence-electron chi connectivity index (χ1n) is 22.9. The van der Waals surface area contributed by atoms with Crippen molar-refractivity contribution in [2.45, 2.75) is 5.41 Å². The van der Waals surface area contributed by atoms with Crippen LogP contribution in [0.15, 0.2) is 261 Å². The van der Waals surface area contributed by atoms with Gasteiger partial charge in [-0.15, -0.1) is 0 Å². The number of para-hydroxylation sites is 1. The van der Waals surface area contributed by atoms with Crippen LogP contribution in [0.4, 0.5) is 17.1 Å². The van der Waals surface area contributed by atoms with Crippen molar-refractivity contribution in [3.05, 3.63) is 283 Å². The lowest BCUT2D eigenvalue weighted by atomic mass is 9.70.